The predicted octanol–water partition coefficient (Wildman–Crippen LogP) is 7.17. The maximum atomic E-state index is 7.86. The van der Waals surface area contributed by atoms with Crippen LogP contribution < -0.4 is 5.73 Å². The Kier molecular flexibility index (Phi) is 6.14. The molecule has 3 unspecified atom stereocenters. The third-order valence-electron chi connectivity index (χ3n) is 7.84. The van der Waals surface area contributed by atoms with Crippen molar-refractivity contribution in [1.29, 1.82) is 5.41 Å². The molecule has 0 amide bonds. The summed E-state index contributed by atoms with van der Waals surface area (Å²) in [5, 5.41) is 10.2. The fourth-order valence-electron chi connectivity index (χ4n) is 5.98. The summed E-state index contributed by atoms with van der Waals surface area (Å²) in [6.07, 6.45) is 6.56. The van der Waals surface area contributed by atoms with Crippen LogP contribution in [0.25, 0.3) is 16.8 Å². The van der Waals surface area contributed by atoms with Gasteiger partial charge in [-0.05, 0) is 89.2 Å². The first-order valence-corrected chi connectivity index (χ1v) is 12.8. The summed E-state index contributed by atoms with van der Waals surface area (Å²) in [6.45, 7) is 11.9. The van der Waals surface area contributed by atoms with Gasteiger partial charge in [-0.15, -0.1) is 0 Å². The summed E-state index contributed by atoms with van der Waals surface area (Å²) in [6, 6.07) is 18.6. The van der Waals surface area contributed by atoms with E-state index in [4.69, 9.17) is 11.1 Å². The molecular formula is C32H37N3. The van der Waals surface area contributed by atoms with E-state index in [1.165, 1.54) is 39.6 Å². The predicted molar refractivity (Wildman–Crippen MR) is 149 cm³/mol. The van der Waals surface area contributed by atoms with E-state index in [1.807, 2.05) is 19.1 Å². The van der Waals surface area contributed by atoms with Crippen molar-refractivity contribution < 1.29 is 0 Å². The van der Waals surface area contributed by atoms with E-state index in [-0.39, 0.29) is 5.84 Å². The number of allylic oxidation sites excluding steroid dienone is 2. The number of likely N-dealkylation sites (N-methyl/N-ethyl adjacent to an activating group) is 1. The zero-order valence-corrected chi connectivity index (χ0v) is 21.4. The van der Waals surface area contributed by atoms with Gasteiger partial charge in [-0.1, -0.05) is 80.6 Å². The Morgan fingerprint density at radius 2 is 1.86 bits per heavy atom. The van der Waals surface area contributed by atoms with Gasteiger partial charge in [-0.25, -0.2) is 0 Å². The number of rotatable bonds is 6. The molecule has 1 saturated carbocycles. The van der Waals surface area contributed by atoms with Crippen LogP contribution in [0.4, 0.5) is 0 Å². The Hall–Kier alpha value is -3.17. The summed E-state index contributed by atoms with van der Waals surface area (Å²) in [5.74, 6) is 1.83. The van der Waals surface area contributed by atoms with Gasteiger partial charge in [0, 0.05) is 18.2 Å². The smallest absolute Gasteiger partial charge is 0.122 e. The minimum Gasteiger partial charge on any atom is -0.384 e. The summed E-state index contributed by atoms with van der Waals surface area (Å²) in [7, 11) is 2.27. The lowest BCUT2D eigenvalue weighted by atomic mass is 9.85. The first kappa shape index (κ1) is 23.6. The lowest BCUT2D eigenvalue weighted by Gasteiger charge is -2.37. The number of benzene rings is 3. The summed E-state index contributed by atoms with van der Waals surface area (Å²) < 4.78 is 0. The standard InChI is InChI=1S/C32H37N3/c1-19(2)6-7-22-14-26(15-23-10-11-25(32(33)34)17-27(22)23)29-18-28(29)24-9-8-21-12-13-35(5)31(20(3)4)30(21)16-24/h6-11,14-17,20,28-29,31H,1,12-13,18H2,2-5H3,(H3,33,34)/b7-6+. The summed E-state index contributed by atoms with van der Waals surface area (Å²) >= 11 is 0. The first-order chi connectivity index (χ1) is 16.7. The Morgan fingerprint density at radius 1 is 1.09 bits per heavy atom. The van der Waals surface area contributed by atoms with E-state index in [1.54, 1.807) is 0 Å². The van der Waals surface area contributed by atoms with E-state index in [2.05, 4.69) is 80.9 Å². The second-order valence-corrected chi connectivity index (χ2v) is 11.0. The van der Waals surface area contributed by atoms with Crippen molar-refractivity contribution in [2.45, 2.75) is 51.5 Å². The quantitative estimate of drug-likeness (QED) is 0.231. The Labute approximate surface area is 209 Å². The highest BCUT2D eigenvalue weighted by atomic mass is 15.1. The van der Waals surface area contributed by atoms with Crippen molar-refractivity contribution in [3.63, 3.8) is 0 Å². The zero-order valence-electron chi connectivity index (χ0n) is 21.4. The van der Waals surface area contributed by atoms with Crippen LogP contribution in [0.5, 0.6) is 0 Å². The molecule has 0 aromatic heterocycles. The number of nitrogen functional groups attached to an aromatic ring is 1. The number of fused-ring (bicyclic) bond motifs is 2. The van der Waals surface area contributed by atoms with E-state index in [0.29, 0.717) is 23.8 Å². The van der Waals surface area contributed by atoms with Crippen molar-refractivity contribution in [3.8, 4) is 0 Å². The minimum absolute atomic E-state index is 0.103. The summed E-state index contributed by atoms with van der Waals surface area (Å²) in [4.78, 5) is 2.53. The molecule has 0 saturated heterocycles. The number of nitrogens with one attached hydrogen (secondary N) is 1. The Morgan fingerprint density at radius 3 is 2.57 bits per heavy atom. The van der Waals surface area contributed by atoms with E-state index >= 15 is 0 Å². The third kappa shape index (κ3) is 4.58. The molecule has 3 aromatic rings. The molecular weight excluding hydrogens is 426 g/mol. The van der Waals surface area contributed by atoms with Crippen LogP contribution in [0, 0.1) is 11.3 Å². The molecule has 1 fully saturated rings. The molecule has 3 aromatic carbocycles. The maximum absolute atomic E-state index is 7.86. The Bertz CT molecular complexity index is 1350. The normalized spacial score (nSPS) is 22.0. The molecule has 1 aliphatic heterocycles. The Balaban J connectivity index is 1.50. The van der Waals surface area contributed by atoms with Gasteiger partial charge in [0.05, 0.1) is 0 Å². The SMILES string of the molecule is C=C(C)/C=C/c1cc(C2CC2c2ccc3c(c2)C(C(C)C)N(C)CC3)cc2ccc(C(=N)N)cc12. The highest BCUT2D eigenvalue weighted by Gasteiger charge is 2.40. The highest BCUT2D eigenvalue weighted by molar-refractivity contribution is 6.01. The van der Waals surface area contributed by atoms with Gasteiger partial charge >= 0.3 is 0 Å². The van der Waals surface area contributed by atoms with Crippen molar-refractivity contribution in [1.82, 2.24) is 4.90 Å². The van der Waals surface area contributed by atoms with Gasteiger partial charge in [-0.2, -0.15) is 0 Å². The molecule has 0 radical (unpaired) electrons. The van der Waals surface area contributed by atoms with Crippen molar-refractivity contribution in [3.05, 3.63) is 100 Å². The number of hydrogen-bond donors (Lipinski definition) is 2. The van der Waals surface area contributed by atoms with Crippen LogP contribution in [-0.2, 0) is 6.42 Å². The van der Waals surface area contributed by atoms with E-state index < -0.39 is 0 Å². The largest absolute Gasteiger partial charge is 0.384 e. The molecule has 2 aliphatic rings. The average molecular weight is 464 g/mol. The molecule has 3 nitrogen and oxygen atoms in total. The van der Waals surface area contributed by atoms with Crippen LogP contribution in [0.3, 0.4) is 0 Å². The monoisotopic (exact) mass is 463 g/mol. The van der Waals surface area contributed by atoms with Gasteiger partial charge in [0.25, 0.3) is 0 Å². The lowest BCUT2D eigenvalue weighted by molar-refractivity contribution is 0.181. The van der Waals surface area contributed by atoms with Crippen LogP contribution in [0.2, 0.25) is 0 Å². The third-order valence-corrected chi connectivity index (χ3v) is 7.84. The number of hydrogen-bond acceptors (Lipinski definition) is 2. The molecule has 1 aliphatic carbocycles. The average Bonchev–Trinajstić information content (AvgIpc) is 3.62. The maximum Gasteiger partial charge on any atom is 0.122 e. The minimum atomic E-state index is 0.103. The fraction of sp³-hybridized carbons (Fsp3) is 0.344. The molecule has 5 rings (SSSR count). The van der Waals surface area contributed by atoms with E-state index in [0.717, 1.165) is 29.5 Å². The molecule has 0 bridgehead atoms. The molecule has 1 heterocycles. The van der Waals surface area contributed by atoms with E-state index in [9.17, 15) is 0 Å². The van der Waals surface area contributed by atoms with Gasteiger partial charge in [-0.3, -0.25) is 10.3 Å². The van der Waals surface area contributed by atoms with Gasteiger partial charge in [0.15, 0.2) is 0 Å². The number of amidine groups is 1. The number of nitrogens with two attached hydrogens (primary N) is 1. The highest BCUT2D eigenvalue weighted by Crippen LogP contribution is 2.56. The molecule has 3 heteroatoms. The topological polar surface area (TPSA) is 53.1 Å². The first-order valence-electron chi connectivity index (χ1n) is 12.8. The molecule has 0 spiro atoms. The van der Waals surface area contributed by atoms with Crippen molar-refractivity contribution in [2.75, 3.05) is 13.6 Å². The molecule has 3 N–H and O–H groups in total. The lowest BCUT2D eigenvalue weighted by Crippen LogP contribution is -2.35. The zero-order chi connectivity index (χ0) is 24.9. The van der Waals surface area contributed by atoms with Gasteiger partial charge in [0.1, 0.15) is 5.84 Å². The van der Waals surface area contributed by atoms with Crippen molar-refractivity contribution in [2.24, 2.45) is 11.7 Å². The van der Waals surface area contributed by atoms with Gasteiger partial charge < -0.3 is 5.73 Å². The van der Waals surface area contributed by atoms with Gasteiger partial charge in [0.2, 0.25) is 0 Å². The molecule has 35 heavy (non-hydrogen) atoms. The fourth-order valence-corrected chi connectivity index (χ4v) is 5.98. The molecule has 3 atom stereocenters. The van der Waals surface area contributed by atoms with Crippen molar-refractivity contribution >= 4 is 22.7 Å². The van der Waals surface area contributed by atoms with Crippen LogP contribution >= 0.6 is 0 Å². The second-order valence-electron chi connectivity index (χ2n) is 11.0. The van der Waals surface area contributed by atoms with Crippen LogP contribution in [-0.4, -0.2) is 24.3 Å². The number of nitrogens with zero attached hydrogens (tertiary/aromatic N) is 1. The molecule has 180 valence electrons. The summed E-state index contributed by atoms with van der Waals surface area (Å²) in [5.41, 5.74) is 14.7. The van der Waals surface area contributed by atoms with Crippen LogP contribution in [0.1, 0.15) is 78.5 Å². The second kappa shape index (κ2) is 9.13. The van der Waals surface area contributed by atoms with Crippen LogP contribution in [0.15, 0.2) is 66.8 Å².